The maximum Gasteiger partial charge on any atom is 0.273 e. The van der Waals surface area contributed by atoms with Crippen LogP contribution < -0.4 is 10.6 Å². The molecule has 2 N–H and O–H groups in total. The summed E-state index contributed by atoms with van der Waals surface area (Å²) in [5.41, 5.74) is 3.40. The van der Waals surface area contributed by atoms with Crippen molar-refractivity contribution in [2.24, 2.45) is 0 Å². The average Bonchev–Trinajstić information content (AvgIpc) is 2.82. The van der Waals surface area contributed by atoms with Gasteiger partial charge in [0.2, 0.25) is 0 Å². The van der Waals surface area contributed by atoms with Crippen molar-refractivity contribution < 1.29 is 4.79 Å². The average molecular weight is 272 g/mol. The van der Waals surface area contributed by atoms with E-state index in [4.69, 9.17) is 0 Å². The van der Waals surface area contributed by atoms with Crippen LogP contribution in [0, 0.1) is 6.92 Å². The molecule has 5 heteroatoms. The zero-order chi connectivity index (χ0) is 14.5. The third-order valence-electron chi connectivity index (χ3n) is 3.03. The number of nitrogens with zero attached hydrogens (tertiary/aromatic N) is 2. The van der Waals surface area contributed by atoms with Crippen LogP contribution in [-0.2, 0) is 13.1 Å². The van der Waals surface area contributed by atoms with Gasteiger partial charge < -0.3 is 10.6 Å². The lowest BCUT2D eigenvalue weighted by molar-refractivity contribution is 0.101. The molecule has 0 radical (unpaired) electrons. The summed E-state index contributed by atoms with van der Waals surface area (Å²) in [5, 5.41) is 10.3. The van der Waals surface area contributed by atoms with E-state index < -0.39 is 0 Å². The summed E-state index contributed by atoms with van der Waals surface area (Å²) < 4.78 is 1.71. The minimum absolute atomic E-state index is 0.131. The van der Waals surface area contributed by atoms with Gasteiger partial charge in [0.15, 0.2) is 0 Å². The van der Waals surface area contributed by atoms with Gasteiger partial charge in [-0.25, -0.2) is 0 Å². The first-order valence-corrected chi connectivity index (χ1v) is 6.73. The molecule has 0 saturated heterocycles. The Labute approximate surface area is 119 Å². The molecule has 0 bridgehead atoms. The quantitative estimate of drug-likeness (QED) is 0.877. The van der Waals surface area contributed by atoms with Gasteiger partial charge in [0.1, 0.15) is 5.69 Å². The van der Waals surface area contributed by atoms with E-state index in [1.165, 1.54) is 5.56 Å². The Kier molecular flexibility index (Phi) is 4.53. The Hall–Kier alpha value is -2.14. The molecule has 0 aliphatic rings. The largest absolute Gasteiger partial charge is 0.321 e. The molecule has 1 aromatic heterocycles. The van der Waals surface area contributed by atoms with Crippen LogP contribution in [0.5, 0.6) is 0 Å². The van der Waals surface area contributed by atoms with Gasteiger partial charge in [0, 0.05) is 18.8 Å². The minimum Gasteiger partial charge on any atom is -0.321 e. The van der Waals surface area contributed by atoms with E-state index in [0.717, 1.165) is 17.9 Å². The fraction of sp³-hybridized carbons (Fsp3) is 0.333. The molecule has 1 amide bonds. The van der Waals surface area contributed by atoms with Crippen LogP contribution in [0.15, 0.2) is 30.3 Å². The summed E-state index contributed by atoms with van der Waals surface area (Å²) in [6.07, 6.45) is 0. The number of hydrogen-bond acceptors (Lipinski definition) is 3. The van der Waals surface area contributed by atoms with Crippen LogP contribution in [0.2, 0.25) is 0 Å². The summed E-state index contributed by atoms with van der Waals surface area (Å²) in [6.45, 7) is 5.35. The maximum absolute atomic E-state index is 12.2. The normalized spacial score (nSPS) is 10.6. The van der Waals surface area contributed by atoms with Gasteiger partial charge >= 0.3 is 0 Å². The summed E-state index contributed by atoms with van der Waals surface area (Å²) in [6, 6.07) is 9.60. The van der Waals surface area contributed by atoms with Crippen molar-refractivity contribution >= 4 is 11.6 Å². The zero-order valence-electron chi connectivity index (χ0n) is 12.1. The molecule has 0 aliphatic heterocycles. The molecule has 1 heterocycles. The Balaban J connectivity index is 2.10. The molecule has 20 heavy (non-hydrogen) atoms. The second-order valence-corrected chi connectivity index (χ2v) is 4.67. The summed E-state index contributed by atoms with van der Waals surface area (Å²) >= 11 is 0. The Morgan fingerprint density at radius 2 is 2.00 bits per heavy atom. The van der Waals surface area contributed by atoms with Crippen LogP contribution in [0.3, 0.4) is 0 Å². The molecule has 2 rings (SSSR count). The van der Waals surface area contributed by atoms with Gasteiger partial charge in [0.25, 0.3) is 5.91 Å². The minimum atomic E-state index is -0.131. The summed E-state index contributed by atoms with van der Waals surface area (Å²) in [7, 11) is 1.91. The second-order valence-electron chi connectivity index (χ2n) is 4.67. The van der Waals surface area contributed by atoms with Crippen LogP contribution in [0.1, 0.15) is 28.7 Å². The number of hydrogen-bond donors (Lipinski definition) is 2. The summed E-state index contributed by atoms with van der Waals surface area (Å²) in [5.74, 6) is -0.131. The molecule has 0 spiro atoms. The van der Waals surface area contributed by atoms with Gasteiger partial charge in [-0.15, -0.1) is 0 Å². The molecule has 0 aliphatic carbocycles. The van der Waals surface area contributed by atoms with Gasteiger partial charge in [-0.3, -0.25) is 9.48 Å². The molecule has 2 aromatic rings. The van der Waals surface area contributed by atoms with Crippen molar-refractivity contribution in [2.45, 2.75) is 26.9 Å². The molecular formula is C15H20N4O. The lowest BCUT2D eigenvalue weighted by Crippen LogP contribution is -2.17. The number of carbonyl (C=O) groups is 1. The number of anilines is 1. The lowest BCUT2D eigenvalue weighted by Gasteiger charge is -2.07. The summed E-state index contributed by atoms with van der Waals surface area (Å²) in [4.78, 5) is 12.2. The smallest absolute Gasteiger partial charge is 0.273 e. The van der Waals surface area contributed by atoms with E-state index >= 15 is 0 Å². The zero-order valence-corrected chi connectivity index (χ0v) is 12.1. The van der Waals surface area contributed by atoms with E-state index in [-0.39, 0.29) is 5.91 Å². The van der Waals surface area contributed by atoms with Crippen LogP contribution in [0.4, 0.5) is 5.69 Å². The van der Waals surface area contributed by atoms with Crippen molar-refractivity contribution in [3.8, 4) is 0 Å². The molecule has 0 unspecified atom stereocenters. The van der Waals surface area contributed by atoms with Gasteiger partial charge in [-0.2, -0.15) is 5.10 Å². The predicted molar refractivity (Wildman–Crippen MR) is 79.8 cm³/mol. The predicted octanol–water partition coefficient (Wildman–Crippen LogP) is 2.18. The number of aryl methyl sites for hydroxylation is 2. The second kappa shape index (κ2) is 6.34. The molecular weight excluding hydrogens is 252 g/mol. The molecule has 0 fully saturated rings. The SMILES string of the molecule is CCn1nc(C)cc1C(=O)Nc1ccc(CNC)cc1. The number of amides is 1. The lowest BCUT2D eigenvalue weighted by atomic mass is 10.2. The van der Waals surface area contributed by atoms with Gasteiger partial charge in [-0.05, 0) is 44.7 Å². The van der Waals surface area contributed by atoms with E-state index in [0.29, 0.717) is 12.2 Å². The van der Waals surface area contributed by atoms with Crippen LogP contribution >= 0.6 is 0 Å². The first-order valence-electron chi connectivity index (χ1n) is 6.73. The van der Waals surface area contributed by atoms with Gasteiger partial charge in [-0.1, -0.05) is 12.1 Å². The van der Waals surface area contributed by atoms with Crippen molar-refractivity contribution in [3.05, 3.63) is 47.3 Å². The van der Waals surface area contributed by atoms with Crippen molar-refractivity contribution in [2.75, 3.05) is 12.4 Å². The highest BCUT2D eigenvalue weighted by Crippen LogP contribution is 2.12. The highest BCUT2D eigenvalue weighted by Gasteiger charge is 2.13. The van der Waals surface area contributed by atoms with Crippen LogP contribution in [0.25, 0.3) is 0 Å². The Morgan fingerprint density at radius 1 is 1.30 bits per heavy atom. The molecule has 5 nitrogen and oxygen atoms in total. The fourth-order valence-electron chi connectivity index (χ4n) is 2.07. The van der Waals surface area contributed by atoms with Crippen molar-refractivity contribution in [3.63, 3.8) is 0 Å². The molecule has 0 saturated carbocycles. The molecule has 0 atom stereocenters. The number of rotatable bonds is 5. The van der Waals surface area contributed by atoms with E-state index in [9.17, 15) is 4.79 Å². The number of benzene rings is 1. The van der Waals surface area contributed by atoms with Crippen LogP contribution in [-0.4, -0.2) is 22.7 Å². The highest BCUT2D eigenvalue weighted by atomic mass is 16.2. The topological polar surface area (TPSA) is 59.0 Å². The van der Waals surface area contributed by atoms with E-state index in [1.807, 2.05) is 45.2 Å². The number of nitrogens with one attached hydrogen (secondary N) is 2. The fourth-order valence-corrected chi connectivity index (χ4v) is 2.07. The third-order valence-corrected chi connectivity index (χ3v) is 3.03. The van der Waals surface area contributed by atoms with Gasteiger partial charge in [0.05, 0.1) is 5.69 Å². The number of carbonyl (C=O) groups excluding carboxylic acids is 1. The molecule has 1 aromatic carbocycles. The molecule has 106 valence electrons. The van der Waals surface area contributed by atoms with E-state index in [1.54, 1.807) is 10.7 Å². The first kappa shape index (κ1) is 14.3. The van der Waals surface area contributed by atoms with Crippen molar-refractivity contribution in [1.29, 1.82) is 0 Å². The van der Waals surface area contributed by atoms with Crippen molar-refractivity contribution in [1.82, 2.24) is 15.1 Å². The first-order chi connectivity index (χ1) is 9.63. The Morgan fingerprint density at radius 3 is 2.60 bits per heavy atom. The van der Waals surface area contributed by atoms with E-state index in [2.05, 4.69) is 15.7 Å². The highest BCUT2D eigenvalue weighted by molar-refractivity contribution is 6.03. The standard InChI is InChI=1S/C15H20N4O/c1-4-19-14(9-11(2)18-19)15(20)17-13-7-5-12(6-8-13)10-16-3/h5-9,16H,4,10H2,1-3H3,(H,17,20). The number of aromatic nitrogens is 2. The maximum atomic E-state index is 12.2. The third kappa shape index (κ3) is 3.24. The monoisotopic (exact) mass is 272 g/mol. The Bertz CT molecular complexity index is 586.